The second-order valence-electron chi connectivity index (χ2n) is 11.6. The molecule has 0 aromatic heterocycles. The summed E-state index contributed by atoms with van der Waals surface area (Å²) in [7, 11) is 0.696. The Labute approximate surface area is 259 Å². The predicted molar refractivity (Wildman–Crippen MR) is 195 cm³/mol. The average molecular weight is 580 g/mol. The van der Waals surface area contributed by atoms with Crippen LogP contribution in [0.4, 0.5) is 0 Å². The molecule has 2 rings (SSSR count). The van der Waals surface area contributed by atoms with E-state index in [0.717, 1.165) is 31.5 Å². The van der Waals surface area contributed by atoms with Crippen LogP contribution in [-0.2, 0) is 6.42 Å². The molecule has 42 heavy (non-hydrogen) atoms. The van der Waals surface area contributed by atoms with Crippen molar-refractivity contribution in [3.8, 4) is 11.1 Å². The predicted octanol–water partition coefficient (Wildman–Crippen LogP) is 11.5. The maximum absolute atomic E-state index is 4.38. The van der Waals surface area contributed by atoms with Gasteiger partial charge >= 0.3 is 0 Å². The summed E-state index contributed by atoms with van der Waals surface area (Å²) in [6, 6.07) is 13.4. The molecule has 1 nitrogen and oxygen atoms in total. The van der Waals surface area contributed by atoms with Crippen molar-refractivity contribution < 1.29 is 0 Å². The summed E-state index contributed by atoms with van der Waals surface area (Å²) in [5, 5.41) is 4.90. The zero-order chi connectivity index (χ0) is 31.2. The summed E-state index contributed by atoms with van der Waals surface area (Å²) in [5.74, 6) is 0.625. The molecule has 224 valence electrons. The zero-order valence-electron chi connectivity index (χ0n) is 27.6. The Morgan fingerprint density at radius 1 is 0.976 bits per heavy atom. The standard InChI is InChI=1S/C40H54NP/c1-12-16-34(25-29(5)6)38-18-15-19-39(32(38)9)40-20-14-17-37(36(40)13-2)31(8)23-24-35(33(10)42-11)27-41-26-30(7)22-21-28(3)4/h12,14-20,23-25,30,41-42H,3,5,10,13,21-22,26-27H2,1-2,4,6-9,11H3/b16-12-,31-23+,34-25+,35-24-. The maximum Gasteiger partial charge on any atom is 0.0211 e. The van der Waals surface area contributed by atoms with Gasteiger partial charge in [0.25, 0.3) is 0 Å². The van der Waals surface area contributed by atoms with Gasteiger partial charge in [0, 0.05) is 6.54 Å². The van der Waals surface area contributed by atoms with E-state index in [9.17, 15) is 0 Å². The largest absolute Gasteiger partial charge is 0.312 e. The molecule has 0 spiro atoms. The van der Waals surface area contributed by atoms with Gasteiger partial charge in [-0.15, -0.1) is 6.58 Å². The number of hydrogen-bond acceptors (Lipinski definition) is 1. The lowest BCUT2D eigenvalue weighted by Gasteiger charge is -2.18. The van der Waals surface area contributed by atoms with Gasteiger partial charge in [0.1, 0.15) is 0 Å². The number of hydrogen-bond donors (Lipinski definition) is 1. The van der Waals surface area contributed by atoms with E-state index in [1.54, 1.807) is 0 Å². The van der Waals surface area contributed by atoms with Crippen LogP contribution in [0.3, 0.4) is 0 Å². The highest BCUT2D eigenvalue weighted by molar-refractivity contribution is 7.42. The molecule has 2 heteroatoms. The van der Waals surface area contributed by atoms with Crippen LogP contribution >= 0.6 is 8.58 Å². The van der Waals surface area contributed by atoms with E-state index in [4.69, 9.17) is 0 Å². The number of nitrogens with one attached hydrogen (secondary N) is 1. The first-order valence-corrected chi connectivity index (χ1v) is 16.9. The zero-order valence-corrected chi connectivity index (χ0v) is 28.6. The van der Waals surface area contributed by atoms with Crippen LogP contribution in [0.25, 0.3) is 22.3 Å². The normalized spacial score (nSPS) is 13.8. The first-order valence-electron chi connectivity index (χ1n) is 15.4. The molecular weight excluding hydrogens is 525 g/mol. The van der Waals surface area contributed by atoms with Crippen molar-refractivity contribution in [1.82, 2.24) is 5.32 Å². The first-order chi connectivity index (χ1) is 20.0. The molecule has 2 aromatic rings. The second-order valence-corrected chi connectivity index (χ2v) is 12.7. The van der Waals surface area contributed by atoms with Crippen molar-refractivity contribution in [1.29, 1.82) is 0 Å². The lowest BCUT2D eigenvalue weighted by atomic mass is 9.86. The van der Waals surface area contributed by atoms with Crippen LogP contribution < -0.4 is 5.32 Å². The minimum absolute atomic E-state index is 0.625. The molecule has 1 N–H and O–H groups in total. The minimum atomic E-state index is 0.625. The molecular formula is C40H54NP. The third kappa shape index (κ3) is 10.4. The molecule has 0 saturated carbocycles. The molecule has 0 aliphatic carbocycles. The molecule has 0 bridgehead atoms. The Hall–Kier alpha value is -2.99. The smallest absolute Gasteiger partial charge is 0.0211 e. The van der Waals surface area contributed by atoms with Gasteiger partial charge in [0.05, 0.1) is 0 Å². The molecule has 0 radical (unpaired) electrons. The lowest BCUT2D eigenvalue weighted by Crippen LogP contribution is -2.23. The van der Waals surface area contributed by atoms with E-state index < -0.39 is 0 Å². The Morgan fingerprint density at radius 3 is 2.24 bits per heavy atom. The van der Waals surface area contributed by atoms with E-state index in [1.807, 2.05) is 6.92 Å². The van der Waals surface area contributed by atoms with Gasteiger partial charge < -0.3 is 5.32 Å². The molecule has 2 atom stereocenters. The summed E-state index contributed by atoms with van der Waals surface area (Å²) < 4.78 is 0. The van der Waals surface area contributed by atoms with Crippen molar-refractivity contribution in [3.05, 3.63) is 131 Å². The molecule has 2 unspecified atom stereocenters. The fourth-order valence-corrected chi connectivity index (χ4v) is 5.77. The number of benzene rings is 2. The molecule has 0 heterocycles. The van der Waals surface area contributed by atoms with Crippen molar-refractivity contribution in [2.45, 2.75) is 67.7 Å². The first kappa shape index (κ1) is 35.2. The highest BCUT2D eigenvalue weighted by Crippen LogP contribution is 2.36. The van der Waals surface area contributed by atoms with Crippen LogP contribution in [0.15, 0.2) is 109 Å². The van der Waals surface area contributed by atoms with Gasteiger partial charge in [0.15, 0.2) is 0 Å². The Balaban J connectivity index is 2.45. The van der Waals surface area contributed by atoms with E-state index in [2.05, 4.69) is 140 Å². The van der Waals surface area contributed by atoms with E-state index >= 15 is 0 Å². The Bertz CT molecular complexity index is 1380. The molecule has 2 aromatic carbocycles. The summed E-state index contributed by atoms with van der Waals surface area (Å²) in [6.07, 6.45) is 14.3. The van der Waals surface area contributed by atoms with Gasteiger partial charge in [-0.1, -0.05) is 114 Å². The number of allylic oxidation sites excluding steroid dienone is 9. The van der Waals surface area contributed by atoms with Gasteiger partial charge in [-0.3, -0.25) is 0 Å². The molecule has 0 amide bonds. The van der Waals surface area contributed by atoms with Crippen LogP contribution in [0.1, 0.15) is 76.6 Å². The van der Waals surface area contributed by atoms with Crippen LogP contribution in [0.2, 0.25) is 0 Å². The van der Waals surface area contributed by atoms with Gasteiger partial charge in [-0.05, 0) is 128 Å². The number of rotatable bonds is 16. The van der Waals surface area contributed by atoms with Gasteiger partial charge in [0.2, 0.25) is 0 Å². The lowest BCUT2D eigenvalue weighted by molar-refractivity contribution is 0.492. The van der Waals surface area contributed by atoms with Crippen molar-refractivity contribution in [2.75, 3.05) is 19.8 Å². The average Bonchev–Trinajstić information content (AvgIpc) is 2.96. The fourth-order valence-electron chi connectivity index (χ4n) is 5.28. The minimum Gasteiger partial charge on any atom is -0.312 e. The quantitative estimate of drug-likeness (QED) is 0.118. The van der Waals surface area contributed by atoms with Crippen LogP contribution in [0, 0.1) is 12.8 Å². The van der Waals surface area contributed by atoms with E-state index in [1.165, 1.54) is 67.4 Å². The van der Waals surface area contributed by atoms with Crippen LogP contribution in [0.5, 0.6) is 0 Å². The summed E-state index contributed by atoms with van der Waals surface area (Å²) in [5.41, 5.74) is 13.9. The van der Waals surface area contributed by atoms with Gasteiger partial charge in [-0.2, -0.15) is 0 Å². The Kier molecular flexibility index (Phi) is 15.0. The van der Waals surface area contributed by atoms with Crippen LogP contribution in [-0.4, -0.2) is 19.8 Å². The highest BCUT2D eigenvalue weighted by atomic mass is 31.1. The third-order valence-corrected chi connectivity index (χ3v) is 8.66. The molecule has 0 aliphatic heterocycles. The fraction of sp³-hybridized carbons (Fsp3) is 0.350. The summed E-state index contributed by atoms with van der Waals surface area (Å²) >= 11 is 0. The SMILES string of the molecule is C=C(C)/C=C(\C=C/C)c1cccc(-c2cccc(/C(C)=C/C=C(/CNCC(C)CCC(=C)C)C(=C)PC)c2CC)c1C. The van der Waals surface area contributed by atoms with Crippen molar-refractivity contribution >= 4 is 19.7 Å². The van der Waals surface area contributed by atoms with E-state index in [-0.39, 0.29) is 0 Å². The maximum atomic E-state index is 4.38. The Morgan fingerprint density at radius 2 is 1.64 bits per heavy atom. The molecule has 0 fully saturated rings. The monoisotopic (exact) mass is 579 g/mol. The molecule has 0 aliphatic rings. The van der Waals surface area contributed by atoms with Crippen molar-refractivity contribution in [3.63, 3.8) is 0 Å². The van der Waals surface area contributed by atoms with Gasteiger partial charge in [-0.25, -0.2) is 0 Å². The topological polar surface area (TPSA) is 12.0 Å². The molecule has 0 saturated heterocycles. The second kappa shape index (κ2) is 17.8. The van der Waals surface area contributed by atoms with E-state index in [0.29, 0.717) is 14.5 Å². The third-order valence-electron chi connectivity index (χ3n) is 7.73. The van der Waals surface area contributed by atoms with Crippen molar-refractivity contribution in [2.24, 2.45) is 5.92 Å². The summed E-state index contributed by atoms with van der Waals surface area (Å²) in [6.45, 7) is 31.9. The summed E-state index contributed by atoms with van der Waals surface area (Å²) in [4.78, 5) is 0. The highest BCUT2D eigenvalue weighted by Gasteiger charge is 2.14.